The summed E-state index contributed by atoms with van der Waals surface area (Å²) in [6, 6.07) is 62.6. The van der Waals surface area contributed by atoms with Crippen LogP contribution in [0.25, 0.3) is 89.0 Å². The second-order valence-corrected chi connectivity index (χ2v) is 17.1. The molecule has 0 unspecified atom stereocenters. The fourth-order valence-corrected chi connectivity index (χ4v) is 8.33. The monoisotopic (exact) mass is 956 g/mol. The van der Waals surface area contributed by atoms with Gasteiger partial charge in [0.2, 0.25) is 0 Å². The molecule has 0 amide bonds. The van der Waals surface area contributed by atoms with Gasteiger partial charge in [-0.2, -0.15) is 0 Å². The fourth-order valence-electron chi connectivity index (χ4n) is 8.33. The third-order valence-electron chi connectivity index (χ3n) is 12.3. The molecule has 356 valence electrons. The predicted octanol–water partition coefficient (Wildman–Crippen LogP) is 15.9. The zero-order valence-electron chi connectivity index (χ0n) is 41.1. The van der Waals surface area contributed by atoms with Crippen molar-refractivity contribution in [2.45, 2.75) is 13.8 Å². The third kappa shape index (κ3) is 13.3. The van der Waals surface area contributed by atoms with Gasteiger partial charge in [0, 0.05) is 99.1 Å². The van der Waals surface area contributed by atoms with Crippen molar-refractivity contribution in [3.8, 4) is 89.0 Å². The summed E-state index contributed by atoms with van der Waals surface area (Å²) in [5, 5.41) is 0. The van der Waals surface area contributed by atoms with Gasteiger partial charge in [0.25, 0.3) is 0 Å². The van der Waals surface area contributed by atoms with Gasteiger partial charge in [0.15, 0.2) is 0 Å². The second-order valence-electron chi connectivity index (χ2n) is 17.1. The van der Waals surface area contributed by atoms with Crippen LogP contribution in [0.5, 0.6) is 0 Å². The molecule has 0 spiro atoms. The Labute approximate surface area is 433 Å². The van der Waals surface area contributed by atoms with Crippen molar-refractivity contribution in [1.82, 2.24) is 39.9 Å². The van der Waals surface area contributed by atoms with Gasteiger partial charge in [-0.1, -0.05) is 84.9 Å². The van der Waals surface area contributed by atoms with Crippen molar-refractivity contribution in [3.63, 3.8) is 0 Å². The Balaban J connectivity index is 0.000000124. The topological polar surface area (TPSA) is 103 Å². The van der Waals surface area contributed by atoms with Crippen LogP contribution in [-0.4, -0.2) is 39.9 Å². The van der Waals surface area contributed by atoms with Crippen molar-refractivity contribution in [3.05, 3.63) is 292 Å². The Hall–Kier alpha value is -9.92. The van der Waals surface area contributed by atoms with Gasteiger partial charge in [-0.15, -0.1) is 0 Å². The van der Waals surface area contributed by atoms with Crippen LogP contribution in [0.15, 0.2) is 281 Å². The molecule has 8 nitrogen and oxygen atoms in total. The SMILES string of the molecule is Cc1cc(-c2ccncc2)c(C)cc1-c1ccncc1.c1cc(-c2ccc(-c3ccc(-c4ccncc4)cc3)cc2)ccn1.c1cc(-c2ccc(-c3ccncc3)cc2)ccn1.c1cc(-c2ccncc2)ccn1. The molecule has 12 rings (SSSR count). The summed E-state index contributed by atoms with van der Waals surface area (Å²) in [7, 11) is 0. The largest absolute Gasteiger partial charge is 0.265 e. The van der Waals surface area contributed by atoms with Gasteiger partial charge in [0.05, 0.1) is 0 Å². The number of benzene rings is 4. The molecule has 0 saturated carbocycles. The molecule has 74 heavy (non-hydrogen) atoms. The normalized spacial score (nSPS) is 10.3. The molecule has 12 aromatic rings. The zero-order valence-corrected chi connectivity index (χ0v) is 41.1. The molecular formula is C66H52N8. The predicted molar refractivity (Wildman–Crippen MR) is 301 cm³/mol. The molecule has 0 fully saturated rings. The summed E-state index contributed by atoms with van der Waals surface area (Å²) < 4.78 is 0. The molecule has 8 aromatic heterocycles. The highest BCUT2D eigenvalue weighted by Crippen LogP contribution is 2.32. The number of aromatic nitrogens is 8. The van der Waals surface area contributed by atoms with Gasteiger partial charge in [-0.3, -0.25) is 39.9 Å². The van der Waals surface area contributed by atoms with E-state index in [-0.39, 0.29) is 0 Å². The van der Waals surface area contributed by atoms with Crippen LogP contribution >= 0.6 is 0 Å². The van der Waals surface area contributed by atoms with Crippen molar-refractivity contribution in [2.75, 3.05) is 0 Å². The van der Waals surface area contributed by atoms with E-state index in [4.69, 9.17) is 0 Å². The summed E-state index contributed by atoms with van der Waals surface area (Å²) in [6.45, 7) is 4.31. The Morgan fingerprint density at radius 2 is 0.284 bits per heavy atom. The summed E-state index contributed by atoms with van der Waals surface area (Å²) >= 11 is 0. The molecule has 0 atom stereocenters. The van der Waals surface area contributed by atoms with Gasteiger partial charge in [-0.25, -0.2) is 0 Å². The molecule has 0 saturated heterocycles. The smallest absolute Gasteiger partial charge is 0.0273 e. The first kappa shape index (κ1) is 49.1. The minimum absolute atomic E-state index is 1.17. The van der Waals surface area contributed by atoms with Crippen LogP contribution in [0.4, 0.5) is 0 Å². The first-order chi connectivity index (χ1) is 36.6. The highest BCUT2D eigenvalue weighted by Gasteiger charge is 2.09. The van der Waals surface area contributed by atoms with E-state index in [0.717, 1.165) is 0 Å². The van der Waals surface area contributed by atoms with E-state index in [1.165, 1.54) is 100 Å². The highest BCUT2D eigenvalue weighted by molar-refractivity contribution is 5.77. The number of aryl methyl sites for hydroxylation is 2. The molecule has 0 N–H and O–H groups in total. The van der Waals surface area contributed by atoms with Gasteiger partial charge >= 0.3 is 0 Å². The number of rotatable bonds is 8. The lowest BCUT2D eigenvalue weighted by Crippen LogP contribution is -1.90. The lowest BCUT2D eigenvalue weighted by atomic mass is 9.93. The maximum absolute atomic E-state index is 4.08. The van der Waals surface area contributed by atoms with Crippen LogP contribution in [-0.2, 0) is 0 Å². The fraction of sp³-hybridized carbons (Fsp3) is 0.0303. The van der Waals surface area contributed by atoms with Gasteiger partial charge < -0.3 is 0 Å². The quantitative estimate of drug-likeness (QED) is 0.148. The molecule has 0 aliphatic heterocycles. The lowest BCUT2D eigenvalue weighted by Gasteiger charge is -2.12. The Morgan fingerprint density at radius 3 is 0.432 bits per heavy atom. The average molecular weight is 957 g/mol. The van der Waals surface area contributed by atoms with E-state index in [0.29, 0.717) is 0 Å². The van der Waals surface area contributed by atoms with Crippen LogP contribution < -0.4 is 0 Å². The lowest BCUT2D eigenvalue weighted by molar-refractivity contribution is 1.31. The van der Waals surface area contributed by atoms with Crippen LogP contribution in [0.2, 0.25) is 0 Å². The average Bonchev–Trinajstić information content (AvgIpc) is 3.50. The molecule has 0 radical (unpaired) electrons. The minimum atomic E-state index is 1.17. The van der Waals surface area contributed by atoms with E-state index < -0.39 is 0 Å². The third-order valence-corrected chi connectivity index (χ3v) is 12.3. The summed E-state index contributed by atoms with van der Waals surface area (Å²) in [5.41, 5.74) is 21.8. The Morgan fingerprint density at radius 1 is 0.162 bits per heavy atom. The second kappa shape index (κ2) is 25.3. The van der Waals surface area contributed by atoms with Crippen LogP contribution in [0.3, 0.4) is 0 Å². The van der Waals surface area contributed by atoms with E-state index in [1.54, 1.807) is 24.8 Å². The highest BCUT2D eigenvalue weighted by atomic mass is 14.6. The Kier molecular flexibility index (Phi) is 16.8. The minimum Gasteiger partial charge on any atom is -0.265 e. The van der Waals surface area contributed by atoms with E-state index >= 15 is 0 Å². The number of pyridine rings is 8. The maximum atomic E-state index is 4.08. The molecule has 8 heteroatoms. The molecular weight excluding hydrogens is 905 g/mol. The summed E-state index contributed by atoms with van der Waals surface area (Å²) in [4.78, 5) is 32.3. The number of nitrogens with zero attached hydrogens (tertiary/aromatic N) is 8. The first-order valence-corrected chi connectivity index (χ1v) is 24.2. The van der Waals surface area contributed by atoms with Crippen molar-refractivity contribution < 1.29 is 0 Å². The molecule has 8 heterocycles. The van der Waals surface area contributed by atoms with E-state index in [9.17, 15) is 0 Å². The number of hydrogen-bond acceptors (Lipinski definition) is 8. The Bertz CT molecular complexity index is 3300. The van der Waals surface area contributed by atoms with E-state index in [1.807, 2.05) is 171 Å². The van der Waals surface area contributed by atoms with Crippen molar-refractivity contribution >= 4 is 0 Å². The molecule has 0 aliphatic rings. The number of hydrogen-bond donors (Lipinski definition) is 0. The van der Waals surface area contributed by atoms with Crippen LogP contribution in [0.1, 0.15) is 11.1 Å². The summed E-state index contributed by atoms with van der Waals surface area (Å²) in [5.74, 6) is 0. The van der Waals surface area contributed by atoms with Gasteiger partial charge in [-0.05, 0) is 211 Å². The molecule has 0 bridgehead atoms. The standard InChI is InChI=1S/C22H16N2.C18H16N2.C16H12N2.C10H8N2/c1-5-19(21-9-13-23-14-10-21)6-2-17(1)18-3-7-20(8-4-18)22-11-15-24-16-12-22;1-13-11-18(16-5-9-20-10-6-16)14(2)12-17(13)15-3-7-19-8-4-15;1-2-14(16-7-11-18-12-8-16)4-3-13(1)15-5-9-17-10-6-15;1-5-11-6-2-9(1)10-3-7-12-8-4-10/h1-16H;3-12H,1-2H3;1-12H;1-8H. The van der Waals surface area contributed by atoms with Gasteiger partial charge in [0.1, 0.15) is 0 Å². The zero-order chi connectivity index (χ0) is 50.6. The summed E-state index contributed by atoms with van der Waals surface area (Å²) in [6.07, 6.45) is 29.0. The maximum Gasteiger partial charge on any atom is 0.0273 e. The first-order valence-electron chi connectivity index (χ1n) is 24.2. The van der Waals surface area contributed by atoms with Crippen molar-refractivity contribution in [1.29, 1.82) is 0 Å². The van der Waals surface area contributed by atoms with E-state index in [2.05, 4.69) is 139 Å². The van der Waals surface area contributed by atoms with Crippen LogP contribution in [0, 0.1) is 13.8 Å². The van der Waals surface area contributed by atoms with Crippen molar-refractivity contribution in [2.24, 2.45) is 0 Å². The molecule has 0 aliphatic carbocycles. The molecule has 4 aromatic carbocycles.